The van der Waals surface area contributed by atoms with Crippen LogP contribution in [0.3, 0.4) is 0 Å². The lowest BCUT2D eigenvalue weighted by atomic mass is 10.2. The smallest absolute Gasteiger partial charge is 0.233 e. The fourth-order valence-corrected chi connectivity index (χ4v) is 0.889. The maximum Gasteiger partial charge on any atom is 0.233 e. The van der Waals surface area contributed by atoms with Crippen molar-refractivity contribution in [1.29, 1.82) is 0 Å². The van der Waals surface area contributed by atoms with Crippen LogP contribution in [0.5, 0.6) is 0 Å². The molecule has 3 N–H and O–H groups in total. The third-order valence-electron chi connectivity index (χ3n) is 1.39. The van der Waals surface area contributed by atoms with Crippen molar-refractivity contribution in [3.05, 3.63) is 0 Å². The molecule has 0 atom stereocenters. The zero-order valence-electron chi connectivity index (χ0n) is 7.41. The molecule has 0 aliphatic rings. The normalized spacial score (nSPS) is 12.2. The van der Waals surface area contributed by atoms with Gasteiger partial charge < -0.3 is 15.8 Å². The fraction of sp³-hybridized carbons (Fsp3) is 0.857. The van der Waals surface area contributed by atoms with Crippen LogP contribution in [0, 0.1) is 5.92 Å². The van der Waals surface area contributed by atoms with E-state index in [1.807, 2.05) is 11.8 Å². The number of rotatable bonds is 3. The maximum absolute atomic E-state index is 8.37. The Labute approximate surface area is 67.7 Å². The number of nitrogens with two attached hydrogens (primary N) is 1. The van der Waals surface area contributed by atoms with Crippen molar-refractivity contribution in [2.24, 2.45) is 16.8 Å². The van der Waals surface area contributed by atoms with Gasteiger partial charge >= 0.3 is 0 Å². The number of oxime groups is 1. The first-order valence-electron chi connectivity index (χ1n) is 3.84. The quantitative estimate of drug-likeness (QED) is 0.275. The zero-order chi connectivity index (χ0) is 8.85. The Balaban J connectivity index is 3.95. The molecule has 66 valence electrons. The van der Waals surface area contributed by atoms with Crippen LogP contribution >= 0.6 is 0 Å². The van der Waals surface area contributed by atoms with Crippen molar-refractivity contribution in [3.8, 4) is 0 Å². The minimum absolute atomic E-state index is 0.196. The summed E-state index contributed by atoms with van der Waals surface area (Å²) in [6, 6.07) is 0. The zero-order valence-corrected chi connectivity index (χ0v) is 7.41. The van der Waals surface area contributed by atoms with Crippen molar-refractivity contribution in [3.63, 3.8) is 0 Å². The molecule has 0 saturated heterocycles. The highest BCUT2D eigenvalue weighted by molar-refractivity contribution is 5.77. The molecule has 0 aromatic carbocycles. The summed E-state index contributed by atoms with van der Waals surface area (Å²) in [6.45, 7) is 7.75. The Bertz CT molecular complexity index is 134. The molecule has 0 unspecified atom stereocenters. The summed E-state index contributed by atoms with van der Waals surface area (Å²) in [5, 5.41) is 11.3. The summed E-state index contributed by atoms with van der Waals surface area (Å²) in [5.41, 5.74) is 5.40. The van der Waals surface area contributed by atoms with Crippen molar-refractivity contribution >= 4 is 5.96 Å². The molecule has 0 fully saturated rings. The van der Waals surface area contributed by atoms with E-state index in [1.54, 1.807) is 0 Å². The summed E-state index contributed by atoms with van der Waals surface area (Å²) < 4.78 is 0. The minimum atomic E-state index is 0.196. The van der Waals surface area contributed by atoms with E-state index < -0.39 is 0 Å². The Kier molecular flexibility index (Phi) is 4.41. The largest absolute Gasteiger partial charge is 0.408 e. The van der Waals surface area contributed by atoms with Gasteiger partial charge in [0.25, 0.3) is 0 Å². The lowest BCUT2D eigenvalue weighted by Crippen LogP contribution is -2.39. The van der Waals surface area contributed by atoms with Crippen molar-refractivity contribution in [2.75, 3.05) is 13.1 Å². The lowest BCUT2D eigenvalue weighted by Gasteiger charge is -2.22. The van der Waals surface area contributed by atoms with Gasteiger partial charge in [-0.1, -0.05) is 19.0 Å². The summed E-state index contributed by atoms with van der Waals surface area (Å²) in [7, 11) is 0. The van der Waals surface area contributed by atoms with E-state index in [1.165, 1.54) is 0 Å². The molecule has 0 saturated carbocycles. The Hall–Kier alpha value is -0.930. The summed E-state index contributed by atoms with van der Waals surface area (Å²) in [6.07, 6.45) is 0. The van der Waals surface area contributed by atoms with Gasteiger partial charge in [0.2, 0.25) is 5.96 Å². The summed E-state index contributed by atoms with van der Waals surface area (Å²) in [4.78, 5) is 1.82. The number of hydrogen-bond acceptors (Lipinski definition) is 2. The van der Waals surface area contributed by atoms with E-state index in [-0.39, 0.29) is 5.96 Å². The number of guanidine groups is 1. The SMILES string of the molecule is CCN(CC(C)C)/C(N)=N/O. The molecule has 0 spiro atoms. The predicted octanol–water partition coefficient (Wildman–Crippen LogP) is 0.668. The molecule has 0 radical (unpaired) electrons. The van der Waals surface area contributed by atoms with Gasteiger partial charge in [-0.25, -0.2) is 0 Å². The van der Waals surface area contributed by atoms with Crippen LogP contribution in [0.25, 0.3) is 0 Å². The van der Waals surface area contributed by atoms with Crippen LogP contribution < -0.4 is 5.73 Å². The van der Waals surface area contributed by atoms with E-state index in [0.717, 1.165) is 13.1 Å². The Morgan fingerprint density at radius 3 is 2.45 bits per heavy atom. The molecule has 0 bridgehead atoms. The molecule has 4 heteroatoms. The lowest BCUT2D eigenvalue weighted by molar-refractivity contribution is 0.292. The topological polar surface area (TPSA) is 61.8 Å². The number of hydrogen-bond donors (Lipinski definition) is 2. The average Bonchev–Trinajstić information content (AvgIpc) is 1.98. The van der Waals surface area contributed by atoms with E-state index in [2.05, 4.69) is 19.0 Å². The molecule has 0 amide bonds. The van der Waals surface area contributed by atoms with Crippen molar-refractivity contribution in [1.82, 2.24) is 4.90 Å². The Morgan fingerprint density at radius 2 is 2.18 bits per heavy atom. The first-order valence-corrected chi connectivity index (χ1v) is 3.84. The van der Waals surface area contributed by atoms with Crippen molar-refractivity contribution < 1.29 is 5.21 Å². The summed E-state index contributed by atoms with van der Waals surface area (Å²) in [5.74, 6) is 0.719. The first-order chi connectivity index (χ1) is 5.11. The molecule has 0 aromatic heterocycles. The van der Waals surface area contributed by atoms with Gasteiger partial charge in [0.15, 0.2) is 0 Å². The molecule has 11 heavy (non-hydrogen) atoms. The van der Waals surface area contributed by atoms with Crippen LogP contribution in [-0.4, -0.2) is 29.2 Å². The monoisotopic (exact) mass is 159 g/mol. The highest BCUT2D eigenvalue weighted by atomic mass is 16.4. The van der Waals surface area contributed by atoms with Crippen LogP contribution in [-0.2, 0) is 0 Å². The molecule has 0 heterocycles. The van der Waals surface area contributed by atoms with Gasteiger partial charge in [-0.05, 0) is 12.8 Å². The van der Waals surface area contributed by atoms with Crippen molar-refractivity contribution in [2.45, 2.75) is 20.8 Å². The van der Waals surface area contributed by atoms with Gasteiger partial charge in [0, 0.05) is 13.1 Å². The van der Waals surface area contributed by atoms with Crippen LogP contribution in [0.2, 0.25) is 0 Å². The third-order valence-corrected chi connectivity index (χ3v) is 1.39. The first kappa shape index (κ1) is 10.1. The van der Waals surface area contributed by atoms with Crippen LogP contribution in [0.1, 0.15) is 20.8 Å². The molecule has 0 aliphatic carbocycles. The molecule has 0 aromatic rings. The van der Waals surface area contributed by atoms with Gasteiger partial charge in [-0.15, -0.1) is 0 Å². The fourth-order valence-electron chi connectivity index (χ4n) is 0.889. The van der Waals surface area contributed by atoms with E-state index in [9.17, 15) is 0 Å². The second-order valence-electron chi connectivity index (χ2n) is 2.89. The van der Waals surface area contributed by atoms with Crippen LogP contribution in [0.15, 0.2) is 5.16 Å². The summed E-state index contributed by atoms with van der Waals surface area (Å²) >= 11 is 0. The van der Waals surface area contributed by atoms with Gasteiger partial charge in [0.05, 0.1) is 0 Å². The van der Waals surface area contributed by atoms with E-state index >= 15 is 0 Å². The minimum Gasteiger partial charge on any atom is -0.408 e. The maximum atomic E-state index is 8.37. The predicted molar refractivity (Wildman–Crippen MR) is 45.5 cm³/mol. The highest BCUT2D eigenvalue weighted by Crippen LogP contribution is 1.97. The van der Waals surface area contributed by atoms with Gasteiger partial charge in [0.1, 0.15) is 0 Å². The van der Waals surface area contributed by atoms with E-state index in [0.29, 0.717) is 5.92 Å². The molecule has 0 rings (SSSR count). The van der Waals surface area contributed by atoms with E-state index in [4.69, 9.17) is 10.9 Å². The van der Waals surface area contributed by atoms with Crippen LogP contribution in [0.4, 0.5) is 0 Å². The molecular weight excluding hydrogens is 142 g/mol. The highest BCUT2D eigenvalue weighted by Gasteiger charge is 2.06. The molecular formula is C7H17N3O. The number of nitrogens with zero attached hydrogens (tertiary/aromatic N) is 2. The molecule has 4 nitrogen and oxygen atoms in total. The third kappa shape index (κ3) is 3.70. The standard InChI is InChI=1S/C7H17N3O/c1-4-10(5-6(2)3)7(8)9-11/h6,11H,4-5H2,1-3H3,(H2,8,9). The van der Waals surface area contributed by atoms with Gasteiger partial charge in [-0.3, -0.25) is 0 Å². The Morgan fingerprint density at radius 1 is 1.64 bits per heavy atom. The second kappa shape index (κ2) is 4.82. The average molecular weight is 159 g/mol. The van der Waals surface area contributed by atoms with Gasteiger partial charge in [-0.2, -0.15) is 0 Å². The second-order valence-corrected chi connectivity index (χ2v) is 2.89. The molecule has 0 aliphatic heterocycles.